The molecule has 0 amide bonds. The Kier molecular flexibility index (Phi) is 7.00. The van der Waals surface area contributed by atoms with Gasteiger partial charge in [0.25, 0.3) is 0 Å². The van der Waals surface area contributed by atoms with Gasteiger partial charge in [0, 0.05) is 38.5 Å². The van der Waals surface area contributed by atoms with Crippen LogP contribution < -0.4 is 4.90 Å². The van der Waals surface area contributed by atoms with E-state index in [9.17, 15) is 0 Å². The lowest BCUT2D eigenvalue weighted by atomic mass is 10.0. The smallest absolute Gasteiger partial charge is 0.168 e. The van der Waals surface area contributed by atoms with Crippen molar-refractivity contribution >= 4 is 5.69 Å². The fourth-order valence-electron chi connectivity index (χ4n) is 4.79. The zero-order valence-corrected chi connectivity index (χ0v) is 18.8. The Balaban J connectivity index is 1.46. The molecule has 2 aromatic rings. The fourth-order valence-corrected chi connectivity index (χ4v) is 4.79. The highest BCUT2D eigenvalue weighted by Gasteiger charge is 2.30. The van der Waals surface area contributed by atoms with Gasteiger partial charge in [0.15, 0.2) is 5.82 Å². The van der Waals surface area contributed by atoms with Gasteiger partial charge in [-0.15, -0.1) is 5.10 Å². The van der Waals surface area contributed by atoms with Crippen LogP contribution >= 0.6 is 0 Å². The van der Waals surface area contributed by atoms with Crippen molar-refractivity contribution in [2.24, 2.45) is 0 Å². The Morgan fingerprint density at radius 2 is 2.00 bits per heavy atom. The fraction of sp³-hybridized carbons (Fsp3) is 0.696. The molecule has 2 atom stereocenters. The van der Waals surface area contributed by atoms with Gasteiger partial charge in [0.2, 0.25) is 0 Å². The first-order valence-electron chi connectivity index (χ1n) is 11.6. The van der Waals surface area contributed by atoms with Crippen molar-refractivity contribution in [2.45, 2.75) is 71.6 Å². The van der Waals surface area contributed by atoms with Gasteiger partial charge in [-0.1, -0.05) is 31.9 Å². The van der Waals surface area contributed by atoms with Crippen molar-refractivity contribution in [1.29, 1.82) is 0 Å². The van der Waals surface area contributed by atoms with Gasteiger partial charge in [0.05, 0.1) is 18.7 Å². The average molecular weight is 413 g/mol. The molecule has 3 heterocycles. The van der Waals surface area contributed by atoms with E-state index in [0.717, 1.165) is 64.4 Å². The van der Waals surface area contributed by atoms with Crippen LogP contribution in [-0.4, -0.2) is 64.0 Å². The lowest BCUT2D eigenvalue weighted by Crippen LogP contribution is -2.48. The summed E-state index contributed by atoms with van der Waals surface area (Å²) < 4.78 is 7.84. The van der Waals surface area contributed by atoms with Gasteiger partial charge in [-0.05, 0) is 60.7 Å². The Hall–Kier alpha value is -1.99. The predicted octanol–water partition coefficient (Wildman–Crippen LogP) is 3.52. The molecule has 0 N–H and O–H groups in total. The van der Waals surface area contributed by atoms with Crippen LogP contribution in [-0.2, 0) is 11.3 Å². The standard InChI is InChI=1S/C23H36N6O/c1-4-5-10-22(23-24-25-26-29(23)17-20-9-7-16-30-20)28-14-12-27(13-15-28)21-11-6-8-18(2)19(21)3/h6,8,11,20,22H,4-5,7,9-10,12-17H2,1-3H3/t20-,22-/m0/s1. The third kappa shape index (κ3) is 4.67. The van der Waals surface area contributed by atoms with E-state index in [2.05, 4.69) is 64.3 Å². The van der Waals surface area contributed by atoms with E-state index < -0.39 is 0 Å². The number of aromatic nitrogens is 4. The summed E-state index contributed by atoms with van der Waals surface area (Å²) in [6, 6.07) is 6.91. The number of tetrazole rings is 1. The van der Waals surface area contributed by atoms with Gasteiger partial charge in [-0.25, -0.2) is 4.68 Å². The number of anilines is 1. The van der Waals surface area contributed by atoms with Crippen LogP contribution in [0.25, 0.3) is 0 Å². The Labute approximate surface area is 180 Å². The van der Waals surface area contributed by atoms with Gasteiger partial charge in [0.1, 0.15) is 0 Å². The van der Waals surface area contributed by atoms with E-state index in [-0.39, 0.29) is 12.1 Å². The summed E-state index contributed by atoms with van der Waals surface area (Å²) in [7, 11) is 0. The molecular weight excluding hydrogens is 376 g/mol. The van der Waals surface area contributed by atoms with E-state index in [1.165, 1.54) is 29.7 Å². The third-order valence-corrected chi connectivity index (χ3v) is 6.76. The SMILES string of the molecule is CCCC[C@@H](c1nnnn1C[C@@H]1CCCO1)N1CCN(c2cccc(C)c2C)CC1. The monoisotopic (exact) mass is 412 g/mol. The minimum absolute atomic E-state index is 0.250. The molecular formula is C23H36N6O. The largest absolute Gasteiger partial charge is 0.376 e. The molecule has 7 heteroatoms. The highest BCUT2D eigenvalue weighted by molar-refractivity contribution is 5.56. The zero-order valence-electron chi connectivity index (χ0n) is 18.8. The number of ether oxygens (including phenoxy) is 1. The summed E-state index contributed by atoms with van der Waals surface area (Å²) >= 11 is 0. The molecule has 0 bridgehead atoms. The quantitative estimate of drug-likeness (QED) is 0.661. The van der Waals surface area contributed by atoms with Gasteiger partial charge < -0.3 is 9.64 Å². The molecule has 164 valence electrons. The van der Waals surface area contributed by atoms with Gasteiger partial charge in [-0.3, -0.25) is 4.90 Å². The lowest BCUT2D eigenvalue weighted by molar-refractivity contribution is 0.0890. The molecule has 2 aliphatic heterocycles. The first-order chi connectivity index (χ1) is 14.7. The van der Waals surface area contributed by atoms with E-state index in [1.807, 2.05) is 4.68 Å². The Morgan fingerprint density at radius 3 is 2.73 bits per heavy atom. The molecule has 2 saturated heterocycles. The van der Waals surface area contributed by atoms with Gasteiger partial charge >= 0.3 is 0 Å². The number of benzene rings is 1. The van der Waals surface area contributed by atoms with E-state index >= 15 is 0 Å². The summed E-state index contributed by atoms with van der Waals surface area (Å²) in [6.07, 6.45) is 5.97. The van der Waals surface area contributed by atoms with E-state index in [4.69, 9.17) is 4.74 Å². The molecule has 2 aliphatic rings. The second-order valence-electron chi connectivity index (χ2n) is 8.75. The molecule has 30 heavy (non-hydrogen) atoms. The number of rotatable bonds is 8. The van der Waals surface area contributed by atoms with Crippen LogP contribution in [0.4, 0.5) is 5.69 Å². The van der Waals surface area contributed by atoms with Gasteiger partial charge in [-0.2, -0.15) is 0 Å². The summed E-state index contributed by atoms with van der Waals surface area (Å²) in [5.74, 6) is 1.01. The molecule has 1 aromatic heterocycles. The van der Waals surface area contributed by atoms with Crippen LogP contribution in [0, 0.1) is 13.8 Å². The number of hydrogen-bond acceptors (Lipinski definition) is 6. The maximum atomic E-state index is 5.83. The molecule has 4 rings (SSSR count). The van der Waals surface area contributed by atoms with Crippen LogP contribution in [0.2, 0.25) is 0 Å². The minimum atomic E-state index is 0.250. The van der Waals surface area contributed by atoms with E-state index in [1.54, 1.807) is 0 Å². The predicted molar refractivity (Wildman–Crippen MR) is 119 cm³/mol. The number of unbranched alkanes of at least 4 members (excludes halogenated alkanes) is 1. The average Bonchev–Trinajstić information content (AvgIpc) is 3.44. The first-order valence-corrected chi connectivity index (χ1v) is 11.6. The van der Waals surface area contributed by atoms with Crippen molar-refractivity contribution in [3.05, 3.63) is 35.2 Å². The molecule has 0 saturated carbocycles. The summed E-state index contributed by atoms with van der Waals surface area (Å²) in [4.78, 5) is 5.13. The van der Waals surface area contributed by atoms with Crippen LogP contribution in [0.5, 0.6) is 0 Å². The molecule has 1 aromatic carbocycles. The lowest BCUT2D eigenvalue weighted by Gasteiger charge is -2.40. The highest BCUT2D eigenvalue weighted by Crippen LogP contribution is 2.29. The number of nitrogens with zero attached hydrogens (tertiary/aromatic N) is 6. The van der Waals surface area contributed by atoms with E-state index in [0.29, 0.717) is 0 Å². The molecule has 7 nitrogen and oxygen atoms in total. The van der Waals surface area contributed by atoms with Crippen molar-refractivity contribution in [1.82, 2.24) is 25.1 Å². The minimum Gasteiger partial charge on any atom is -0.376 e. The molecule has 2 fully saturated rings. The normalized spacial score (nSPS) is 21.3. The molecule has 0 aliphatic carbocycles. The zero-order chi connectivity index (χ0) is 20.9. The highest BCUT2D eigenvalue weighted by atomic mass is 16.5. The third-order valence-electron chi connectivity index (χ3n) is 6.76. The number of piperazine rings is 1. The van der Waals surface area contributed by atoms with Crippen LogP contribution in [0.3, 0.4) is 0 Å². The van der Waals surface area contributed by atoms with Crippen LogP contribution in [0.15, 0.2) is 18.2 Å². The summed E-state index contributed by atoms with van der Waals surface area (Å²) in [5.41, 5.74) is 4.14. The second-order valence-corrected chi connectivity index (χ2v) is 8.75. The summed E-state index contributed by atoms with van der Waals surface area (Å²) in [5, 5.41) is 12.8. The topological polar surface area (TPSA) is 59.3 Å². The van der Waals surface area contributed by atoms with Crippen molar-refractivity contribution in [3.8, 4) is 0 Å². The maximum absolute atomic E-state index is 5.83. The van der Waals surface area contributed by atoms with Crippen LogP contribution in [0.1, 0.15) is 62.0 Å². The second kappa shape index (κ2) is 9.88. The molecule has 0 spiro atoms. The van der Waals surface area contributed by atoms with Crippen molar-refractivity contribution < 1.29 is 4.74 Å². The summed E-state index contributed by atoms with van der Waals surface area (Å²) in [6.45, 7) is 12.5. The molecule has 0 radical (unpaired) electrons. The first kappa shape index (κ1) is 21.2. The Morgan fingerprint density at radius 1 is 1.17 bits per heavy atom. The number of aryl methyl sites for hydroxylation is 1. The number of hydrogen-bond donors (Lipinski definition) is 0. The van der Waals surface area contributed by atoms with Crippen molar-refractivity contribution in [3.63, 3.8) is 0 Å². The Bertz CT molecular complexity index is 808. The maximum Gasteiger partial charge on any atom is 0.168 e. The van der Waals surface area contributed by atoms with Crippen molar-refractivity contribution in [2.75, 3.05) is 37.7 Å². The molecule has 0 unspecified atom stereocenters.